The van der Waals surface area contributed by atoms with Crippen molar-refractivity contribution in [3.05, 3.63) is 46.3 Å². The number of ether oxygens (including phenoxy) is 1. The Morgan fingerprint density at radius 1 is 1.14 bits per heavy atom. The highest BCUT2D eigenvalue weighted by Gasteiger charge is 2.32. The first kappa shape index (κ1) is 18.7. The normalized spacial score (nSPS) is 19.5. The molecule has 0 spiro atoms. The Hall–Kier alpha value is -2.63. The maximum atomic E-state index is 13.1. The molecule has 1 aliphatic heterocycles. The van der Waals surface area contributed by atoms with Crippen molar-refractivity contribution in [2.24, 2.45) is 5.92 Å². The summed E-state index contributed by atoms with van der Waals surface area (Å²) in [5.74, 6) is 1.20. The van der Waals surface area contributed by atoms with Crippen LogP contribution in [0.2, 0.25) is 0 Å². The van der Waals surface area contributed by atoms with E-state index in [9.17, 15) is 9.59 Å². The molecule has 4 rings (SSSR count). The van der Waals surface area contributed by atoms with Crippen LogP contribution >= 0.6 is 0 Å². The second-order valence-electron chi connectivity index (χ2n) is 8.08. The van der Waals surface area contributed by atoms with Crippen LogP contribution in [0.3, 0.4) is 0 Å². The van der Waals surface area contributed by atoms with Gasteiger partial charge in [0.2, 0.25) is 0 Å². The zero-order chi connectivity index (χ0) is 19.8. The topological polar surface area (TPSA) is 75.3 Å². The molecule has 2 fully saturated rings. The van der Waals surface area contributed by atoms with Crippen LogP contribution in [0.4, 0.5) is 0 Å². The third-order valence-corrected chi connectivity index (χ3v) is 5.86. The predicted octanol–water partition coefficient (Wildman–Crippen LogP) is 3.65. The number of carbonyl (C=O) groups is 2. The number of rotatable bonds is 5. The number of hydrogen-bond acceptors (Lipinski definition) is 4. The van der Waals surface area contributed by atoms with Crippen LogP contribution in [-0.4, -0.2) is 47.0 Å². The van der Waals surface area contributed by atoms with Crippen molar-refractivity contribution < 1.29 is 14.3 Å². The molecule has 1 N–H and O–H groups in total. The van der Waals surface area contributed by atoms with Gasteiger partial charge in [-0.05, 0) is 68.9 Å². The summed E-state index contributed by atoms with van der Waals surface area (Å²) in [5, 5.41) is 7.20. The number of nitrogens with zero attached hydrogens (tertiary/aromatic N) is 2. The largest absolute Gasteiger partial charge is 0.496 e. The van der Waals surface area contributed by atoms with Gasteiger partial charge in [-0.1, -0.05) is 0 Å². The van der Waals surface area contributed by atoms with E-state index in [1.54, 1.807) is 12.0 Å². The van der Waals surface area contributed by atoms with Gasteiger partial charge in [0.05, 0.1) is 7.11 Å². The minimum atomic E-state index is -0.174. The quantitative estimate of drug-likeness (QED) is 0.802. The van der Waals surface area contributed by atoms with Crippen LogP contribution in [0.25, 0.3) is 0 Å². The predicted molar refractivity (Wildman–Crippen MR) is 106 cm³/mol. The lowest BCUT2D eigenvalue weighted by Crippen LogP contribution is -2.42. The summed E-state index contributed by atoms with van der Waals surface area (Å²) < 4.78 is 5.40. The minimum absolute atomic E-state index is 0.0808. The van der Waals surface area contributed by atoms with Crippen molar-refractivity contribution >= 4 is 11.7 Å². The molecule has 2 heterocycles. The number of Topliss-reactive ketones (excluding diaryl/α,β-unsaturated/α-hetero) is 1. The number of likely N-dealkylation sites (tertiary alicyclic amines) is 1. The van der Waals surface area contributed by atoms with Gasteiger partial charge in [-0.15, -0.1) is 0 Å². The average molecular weight is 381 g/mol. The summed E-state index contributed by atoms with van der Waals surface area (Å²) >= 11 is 0. The van der Waals surface area contributed by atoms with Crippen LogP contribution in [0, 0.1) is 19.8 Å². The average Bonchev–Trinajstić information content (AvgIpc) is 3.43. The van der Waals surface area contributed by atoms with E-state index >= 15 is 0 Å². The van der Waals surface area contributed by atoms with Gasteiger partial charge >= 0.3 is 0 Å². The molecule has 2 aromatic rings. The molecule has 1 aromatic heterocycles. The first-order chi connectivity index (χ1) is 13.5. The Kier molecular flexibility index (Phi) is 4.96. The monoisotopic (exact) mass is 381 g/mol. The molecule has 1 saturated heterocycles. The Labute approximate surface area is 165 Å². The van der Waals surface area contributed by atoms with E-state index in [1.807, 2.05) is 32.0 Å². The van der Waals surface area contributed by atoms with Crippen LogP contribution in [-0.2, 0) is 0 Å². The molecule has 6 nitrogen and oxygen atoms in total. The summed E-state index contributed by atoms with van der Waals surface area (Å²) in [4.78, 5) is 27.8. The third-order valence-electron chi connectivity index (χ3n) is 5.86. The zero-order valence-electron chi connectivity index (χ0n) is 16.7. The van der Waals surface area contributed by atoms with E-state index in [-0.39, 0.29) is 17.6 Å². The van der Waals surface area contributed by atoms with Crippen LogP contribution in [0.5, 0.6) is 5.75 Å². The number of ketones is 1. The zero-order valence-corrected chi connectivity index (χ0v) is 16.7. The molecular weight excluding hydrogens is 354 g/mol. The van der Waals surface area contributed by atoms with Gasteiger partial charge in [0.1, 0.15) is 11.4 Å². The number of benzene rings is 1. The Balaban J connectivity index is 1.48. The van der Waals surface area contributed by atoms with Gasteiger partial charge < -0.3 is 9.64 Å². The second kappa shape index (κ2) is 7.41. The maximum absolute atomic E-state index is 13.1. The number of hydrogen-bond donors (Lipinski definition) is 1. The summed E-state index contributed by atoms with van der Waals surface area (Å²) in [6.07, 6.45) is 3.96. The number of aromatic amines is 1. The van der Waals surface area contributed by atoms with Gasteiger partial charge in [-0.2, -0.15) is 5.10 Å². The molecule has 1 amide bonds. The van der Waals surface area contributed by atoms with Crippen LogP contribution < -0.4 is 4.74 Å². The number of piperidine rings is 1. The van der Waals surface area contributed by atoms with Crippen molar-refractivity contribution in [1.82, 2.24) is 15.1 Å². The highest BCUT2D eigenvalue weighted by Crippen LogP contribution is 2.39. The number of amides is 1. The van der Waals surface area contributed by atoms with Crippen molar-refractivity contribution in [3.63, 3.8) is 0 Å². The highest BCUT2D eigenvalue weighted by atomic mass is 16.5. The number of nitrogens with one attached hydrogen (secondary N) is 1. The van der Waals surface area contributed by atoms with Crippen LogP contribution in [0.15, 0.2) is 18.2 Å². The van der Waals surface area contributed by atoms with Gasteiger partial charge in [-0.25, -0.2) is 0 Å². The van der Waals surface area contributed by atoms with Crippen molar-refractivity contribution in [3.8, 4) is 5.75 Å². The standard InChI is InChI=1S/C22H27N3O3/c1-13-9-17(10-14(2)21(13)28-3)20(26)16-5-4-8-25(12-16)22(27)19-11-18(23-24-19)15-6-7-15/h9-11,15-16H,4-8,12H2,1-3H3,(H,23,24)/t16-/m1/s1. The van der Waals surface area contributed by atoms with E-state index in [4.69, 9.17) is 4.74 Å². The summed E-state index contributed by atoms with van der Waals surface area (Å²) in [6.45, 7) is 5.03. The minimum Gasteiger partial charge on any atom is -0.496 e. The second-order valence-corrected chi connectivity index (χ2v) is 8.08. The first-order valence-corrected chi connectivity index (χ1v) is 10.0. The van der Waals surface area contributed by atoms with E-state index in [0.717, 1.165) is 48.3 Å². The molecule has 2 aliphatic rings. The number of carbonyl (C=O) groups excluding carboxylic acids is 2. The molecule has 1 saturated carbocycles. The molecule has 6 heteroatoms. The van der Waals surface area contributed by atoms with Gasteiger partial charge in [0.15, 0.2) is 5.78 Å². The molecule has 148 valence electrons. The first-order valence-electron chi connectivity index (χ1n) is 10.0. The van der Waals surface area contributed by atoms with E-state index in [2.05, 4.69) is 10.2 Å². The van der Waals surface area contributed by atoms with Gasteiger partial charge in [0.25, 0.3) is 5.91 Å². The Morgan fingerprint density at radius 3 is 2.50 bits per heavy atom. The fraction of sp³-hybridized carbons (Fsp3) is 0.500. The maximum Gasteiger partial charge on any atom is 0.274 e. The summed E-state index contributed by atoms with van der Waals surface area (Å²) in [6, 6.07) is 5.66. The molecule has 1 aromatic carbocycles. The van der Waals surface area contributed by atoms with E-state index < -0.39 is 0 Å². The molecule has 0 bridgehead atoms. The number of aryl methyl sites for hydroxylation is 2. The molecule has 28 heavy (non-hydrogen) atoms. The summed E-state index contributed by atoms with van der Waals surface area (Å²) in [5.41, 5.74) is 4.13. The van der Waals surface area contributed by atoms with E-state index in [0.29, 0.717) is 30.3 Å². The number of methoxy groups -OCH3 is 1. The molecular formula is C22H27N3O3. The SMILES string of the molecule is COc1c(C)cc(C(=O)[C@@H]2CCCN(C(=O)c3cc(C4CC4)[nH]n3)C2)cc1C. The van der Waals surface area contributed by atoms with Crippen molar-refractivity contribution in [2.75, 3.05) is 20.2 Å². The molecule has 0 radical (unpaired) electrons. The van der Waals surface area contributed by atoms with Crippen LogP contribution in [0.1, 0.15) is 69.3 Å². The molecule has 0 unspecified atom stereocenters. The van der Waals surface area contributed by atoms with E-state index in [1.165, 1.54) is 0 Å². The fourth-order valence-electron chi connectivity index (χ4n) is 4.24. The Morgan fingerprint density at radius 2 is 1.86 bits per heavy atom. The molecule has 1 atom stereocenters. The lowest BCUT2D eigenvalue weighted by atomic mass is 9.88. The third kappa shape index (κ3) is 3.55. The van der Waals surface area contributed by atoms with Gasteiger partial charge in [-0.3, -0.25) is 14.7 Å². The van der Waals surface area contributed by atoms with Gasteiger partial charge in [0, 0.05) is 36.2 Å². The number of H-pyrrole nitrogens is 1. The fourth-order valence-corrected chi connectivity index (χ4v) is 4.24. The highest BCUT2D eigenvalue weighted by molar-refractivity contribution is 5.99. The molecule has 1 aliphatic carbocycles. The number of aromatic nitrogens is 2. The lowest BCUT2D eigenvalue weighted by Gasteiger charge is -2.31. The van der Waals surface area contributed by atoms with Crippen molar-refractivity contribution in [1.29, 1.82) is 0 Å². The summed E-state index contributed by atoms with van der Waals surface area (Å²) in [7, 11) is 1.64. The Bertz CT molecular complexity index is 890. The smallest absolute Gasteiger partial charge is 0.274 e. The lowest BCUT2D eigenvalue weighted by molar-refractivity contribution is 0.0632. The van der Waals surface area contributed by atoms with Crippen molar-refractivity contribution in [2.45, 2.75) is 45.4 Å².